The predicted octanol–water partition coefficient (Wildman–Crippen LogP) is 6.42. The summed E-state index contributed by atoms with van der Waals surface area (Å²) in [6.07, 6.45) is 1.55. The number of amides is 1. The van der Waals surface area contributed by atoms with Crippen LogP contribution >= 0.6 is 0 Å². The number of carbonyl (C=O) groups excluding carboxylic acids is 2. The van der Waals surface area contributed by atoms with Gasteiger partial charge in [0.05, 0.1) is 19.9 Å². The number of benzene rings is 4. The lowest BCUT2D eigenvalue weighted by Crippen LogP contribution is -2.12. The molecule has 1 aromatic heterocycles. The monoisotopic (exact) mass is 564 g/mol. The predicted molar refractivity (Wildman–Crippen MR) is 166 cm³/mol. The van der Waals surface area contributed by atoms with Crippen molar-refractivity contribution in [1.29, 1.82) is 0 Å². The van der Waals surface area contributed by atoms with Crippen molar-refractivity contribution in [1.82, 2.24) is 9.47 Å². The summed E-state index contributed by atoms with van der Waals surface area (Å²) in [5.41, 5.74) is 4.43. The van der Waals surface area contributed by atoms with Crippen molar-refractivity contribution in [2.75, 3.05) is 28.3 Å². The largest absolute Gasteiger partial charge is 0.497 e. The fourth-order valence-corrected chi connectivity index (χ4v) is 4.48. The molecule has 0 spiro atoms. The van der Waals surface area contributed by atoms with Crippen molar-refractivity contribution < 1.29 is 23.8 Å². The smallest absolute Gasteiger partial charge is 0.209 e. The van der Waals surface area contributed by atoms with E-state index in [1.807, 2.05) is 72.8 Å². The van der Waals surface area contributed by atoms with Gasteiger partial charge >= 0.3 is 0 Å². The molecule has 0 saturated heterocycles. The van der Waals surface area contributed by atoms with Crippen LogP contribution in [0.5, 0.6) is 17.2 Å². The molecule has 0 fully saturated rings. The average molecular weight is 565 g/mol. The lowest BCUT2D eigenvalue weighted by Gasteiger charge is -2.12. The maximum Gasteiger partial charge on any atom is 0.209 e. The SMILES string of the molecule is CN(C)C=O.COc1cc(OC)cc(C(=O)c2cc3cc(OCc4ccccc4)ccc3n2CCc2ccccc2)c1. The first-order valence-corrected chi connectivity index (χ1v) is 13.6. The van der Waals surface area contributed by atoms with Crippen LogP contribution in [-0.2, 0) is 24.4 Å². The minimum atomic E-state index is -0.0896. The lowest BCUT2D eigenvalue weighted by atomic mass is 10.1. The minimum absolute atomic E-state index is 0.0896. The van der Waals surface area contributed by atoms with Crippen molar-refractivity contribution in [3.63, 3.8) is 0 Å². The molecule has 0 aliphatic heterocycles. The van der Waals surface area contributed by atoms with Crippen molar-refractivity contribution in [2.45, 2.75) is 19.6 Å². The fourth-order valence-electron chi connectivity index (χ4n) is 4.48. The average Bonchev–Trinajstić information content (AvgIpc) is 3.40. The van der Waals surface area contributed by atoms with Crippen LogP contribution in [0.1, 0.15) is 27.2 Å². The molecule has 0 N–H and O–H groups in total. The zero-order valence-electron chi connectivity index (χ0n) is 24.4. The summed E-state index contributed by atoms with van der Waals surface area (Å²) in [5.74, 6) is 1.82. The van der Waals surface area contributed by atoms with Gasteiger partial charge in [0.1, 0.15) is 23.9 Å². The van der Waals surface area contributed by atoms with Gasteiger partial charge in [-0.1, -0.05) is 60.7 Å². The normalized spacial score (nSPS) is 10.4. The van der Waals surface area contributed by atoms with Gasteiger partial charge in [-0.2, -0.15) is 0 Å². The number of nitrogens with zero attached hydrogens (tertiary/aromatic N) is 2. The lowest BCUT2D eigenvalue weighted by molar-refractivity contribution is -0.115. The number of aryl methyl sites for hydroxylation is 2. The number of ketones is 1. The van der Waals surface area contributed by atoms with Crippen LogP contribution in [0, 0.1) is 0 Å². The van der Waals surface area contributed by atoms with E-state index in [4.69, 9.17) is 14.2 Å². The molecule has 216 valence electrons. The van der Waals surface area contributed by atoms with E-state index in [9.17, 15) is 9.59 Å². The highest BCUT2D eigenvalue weighted by atomic mass is 16.5. The highest BCUT2D eigenvalue weighted by Gasteiger charge is 2.19. The van der Waals surface area contributed by atoms with E-state index in [-0.39, 0.29) is 5.78 Å². The third-order valence-corrected chi connectivity index (χ3v) is 6.65. The molecule has 0 bridgehead atoms. The number of rotatable bonds is 11. The van der Waals surface area contributed by atoms with Crippen LogP contribution < -0.4 is 14.2 Å². The van der Waals surface area contributed by atoms with Gasteiger partial charge in [-0.25, -0.2) is 0 Å². The van der Waals surface area contributed by atoms with Gasteiger partial charge in [0.2, 0.25) is 12.2 Å². The van der Waals surface area contributed by atoms with Crippen LogP contribution in [0.2, 0.25) is 0 Å². The Kier molecular flexibility index (Phi) is 10.4. The summed E-state index contributed by atoms with van der Waals surface area (Å²) in [5, 5.41) is 0.955. The topological polar surface area (TPSA) is 70.0 Å². The number of fused-ring (bicyclic) bond motifs is 1. The first-order chi connectivity index (χ1) is 20.4. The molecule has 42 heavy (non-hydrogen) atoms. The first kappa shape index (κ1) is 29.9. The molecule has 7 heteroatoms. The Labute approximate surface area is 246 Å². The maximum absolute atomic E-state index is 13.8. The van der Waals surface area contributed by atoms with Crippen LogP contribution in [0.15, 0.2) is 103 Å². The molecule has 1 amide bonds. The Bertz CT molecular complexity index is 1590. The van der Waals surface area contributed by atoms with Crippen LogP contribution in [0.25, 0.3) is 10.9 Å². The van der Waals surface area contributed by atoms with Gasteiger partial charge in [-0.05, 0) is 53.9 Å². The summed E-state index contributed by atoms with van der Waals surface area (Å²) in [6.45, 7) is 1.15. The van der Waals surface area contributed by atoms with Gasteiger partial charge < -0.3 is 23.7 Å². The van der Waals surface area contributed by atoms with Gasteiger partial charge in [-0.3, -0.25) is 9.59 Å². The quantitative estimate of drug-likeness (QED) is 0.137. The van der Waals surface area contributed by atoms with Gasteiger partial charge in [0.25, 0.3) is 0 Å². The molecule has 0 saturated carbocycles. The number of methoxy groups -OCH3 is 2. The molecular weight excluding hydrogens is 528 g/mol. The highest BCUT2D eigenvalue weighted by Crippen LogP contribution is 2.29. The molecule has 5 rings (SSSR count). The Balaban J connectivity index is 0.000000748. The van der Waals surface area contributed by atoms with Crippen LogP contribution in [-0.4, -0.2) is 50.0 Å². The summed E-state index contributed by atoms with van der Waals surface area (Å²) in [7, 11) is 6.54. The molecule has 4 aromatic carbocycles. The first-order valence-electron chi connectivity index (χ1n) is 13.6. The molecule has 0 aliphatic rings. The molecule has 5 aromatic rings. The summed E-state index contributed by atoms with van der Waals surface area (Å²) >= 11 is 0. The summed E-state index contributed by atoms with van der Waals surface area (Å²) < 4.78 is 19.0. The Morgan fingerprint density at radius 1 is 0.762 bits per heavy atom. The van der Waals surface area contributed by atoms with E-state index < -0.39 is 0 Å². The van der Waals surface area contributed by atoms with Crippen LogP contribution in [0.4, 0.5) is 0 Å². The summed E-state index contributed by atoms with van der Waals surface area (Å²) in [6, 6.07) is 33.6. The van der Waals surface area contributed by atoms with E-state index >= 15 is 0 Å². The minimum Gasteiger partial charge on any atom is -0.497 e. The third kappa shape index (κ3) is 7.79. The van der Waals surface area contributed by atoms with Crippen molar-refractivity contribution in [2.24, 2.45) is 0 Å². The molecular formula is C35H36N2O5. The van der Waals surface area contributed by atoms with Gasteiger partial charge in [-0.15, -0.1) is 0 Å². The molecule has 0 aliphatic carbocycles. The second kappa shape index (κ2) is 14.6. The molecule has 0 radical (unpaired) electrons. The Morgan fingerprint density at radius 2 is 1.36 bits per heavy atom. The van der Waals surface area contributed by atoms with Crippen molar-refractivity contribution >= 4 is 23.1 Å². The molecule has 0 atom stereocenters. The van der Waals surface area contributed by atoms with E-state index in [0.29, 0.717) is 35.9 Å². The van der Waals surface area contributed by atoms with E-state index in [1.165, 1.54) is 10.5 Å². The van der Waals surface area contributed by atoms with E-state index in [0.717, 1.165) is 35.0 Å². The molecule has 1 heterocycles. The van der Waals surface area contributed by atoms with Crippen molar-refractivity contribution in [3.8, 4) is 17.2 Å². The zero-order chi connectivity index (χ0) is 29.9. The number of hydrogen-bond donors (Lipinski definition) is 0. The Morgan fingerprint density at radius 3 is 1.93 bits per heavy atom. The summed E-state index contributed by atoms with van der Waals surface area (Å²) in [4.78, 5) is 24.7. The van der Waals surface area contributed by atoms with Crippen molar-refractivity contribution in [3.05, 3.63) is 126 Å². The second-order valence-electron chi connectivity index (χ2n) is 9.91. The maximum atomic E-state index is 13.8. The van der Waals surface area contributed by atoms with Gasteiger partial charge in [0.15, 0.2) is 0 Å². The second-order valence-corrected chi connectivity index (χ2v) is 9.91. The number of hydrogen-bond acceptors (Lipinski definition) is 5. The van der Waals surface area contributed by atoms with E-state index in [1.54, 1.807) is 46.5 Å². The fraction of sp³-hybridized carbons (Fsp3) is 0.200. The molecule has 0 unspecified atom stereocenters. The third-order valence-electron chi connectivity index (χ3n) is 6.65. The van der Waals surface area contributed by atoms with Crippen LogP contribution in [0.3, 0.4) is 0 Å². The zero-order valence-corrected chi connectivity index (χ0v) is 24.4. The van der Waals surface area contributed by atoms with Gasteiger partial charge in [0, 0.05) is 43.2 Å². The standard InChI is InChI=1S/C32H29NO4.C3H7NO/c1-35-28-18-26(19-29(21-28)36-2)32(34)31-20-25-17-27(37-22-24-11-7-4-8-12-24)13-14-30(25)33(31)16-15-23-9-5-3-6-10-23;1-4(2)3-5/h3-14,17-21H,15-16,22H2,1-2H3;3H,1-2H3. The number of carbonyl (C=O) groups is 2. The highest BCUT2D eigenvalue weighted by molar-refractivity contribution is 6.11. The van der Waals surface area contributed by atoms with E-state index in [2.05, 4.69) is 16.7 Å². The molecule has 7 nitrogen and oxygen atoms in total. The Hall–Kier alpha value is -5.04. The number of aromatic nitrogens is 1. The number of ether oxygens (including phenoxy) is 3.